The molecule has 1 aliphatic rings. The minimum absolute atomic E-state index is 0.0187. The maximum atomic E-state index is 13.2. The van der Waals surface area contributed by atoms with Gasteiger partial charge in [-0.1, -0.05) is 12.1 Å². The highest BCUT2D eigenvalue weighted by molar-refractivity contribution is 7.92. The molecule has 0 radical (unpaired) electrons. The smallest absolute Gasteiger partial charge is 0.410 e. The van der Waals surface area contributed by atoms with Crippen LogP contribution >= 0.6 is 0 Å². The average molecular weight is 570 g/mol. The number of hydrogen-bond acceptors (Lipinski definition) is 7. The van der Waals surface area contributed by atoms with E-state index in [1.165, 1.54) is 24.4 Å². The SMILES string of the molecule is C[C@H]1CN(Cc2ccc(NS(=O)(=O)c3ccc(N(C)c4ccc(F)cc4)nc3)cc2)CCN1C(=O)OC(C)(C)C. The highest BCUT2D eigenvalue weighted by Crippen LogP contribution is 2.24. The molecule has 1 atom stereocenters. The lowest BCUT2D eigenvalue weighted by molar-refractivity contribution is 0.000556. The molecule has 0 unspecified atom stereocenters. The van der Waals surface area contributed by atoms with E-state index < -0.39 is 15.6 Å². The van der Waals surface area contributed by atoms with Crippen molar-refractivity contribution in [3.63, 3.8) is 0 Å². The lowest BCUT2D eigenvalue weighted by Crippen LogP contribution is -2.54. The van der Waals surface area contributed by atoms with Gasteiger partial charge in [-0.15, -0.1) is 0 Å². The summed E-state index contributed by atoms with van der Waals surface area (Å²) >= 11 is 0. The van der Waals surface area contributed by atoms with E-state index in [0.29, 0.717) is 31.1 Å². The molecule has 1 N–H and O–H groups in total. The zero-order valence-electron chi connectivity index (χ0n) is 23.5. The van der Waals surface area contributed by atoms with E-state index in [-0.39, 0.29) is 22.8 Å². The van der Waals surface area contributed by atoms with Crippen LogP contribution in [0.1, 0.15) is 33.3 Å². The van der Waals surface area contributed by atoms with Crippen LogP contribution in [-0.4, -0.2) is 67.6 Å². The van der Waals surface area contributed by atoms with Gasteiger partial charge in [0, 0.05) is 56.8 Å². The van der Waals surface area contributed by atoms with E-state index in [4.69, 9.17) is 4.74 Å². The maximum Gasteiger partial charge on any atom is 0.410 e. The van der Waals surface area contributed by atoms with Crippen LogP contribution in [0.3, 0.4) is 0 Å². The van der Waals surface area contributed by atoms with Crippen molar-refractivity contribution in [2.75, 3.05) is 36.3 Å². The van der Waals surface area contributed by atoms with Gasteiger partial charge in [0.15, 0.2) is 0 Å². The van der Waals surface area contributed by atoms with Crippen LogP contribution in [0, 0.1) is 5.82 Å². The zero-order valence-corrected chi connectivity index (χ0v) is 24.3. The summed E-state index contributed by atoms with van der Waals surface area (Å²) in [5.41, 5.74) is 1.68. The number of ether oxygens (including phenoxy) is 1. The molecule has 0 spiro atoms. The fraction of sp³-hybridized carbons (Fsp3) is 0.379. The lowest BCUT2D eigenvalue weighted by Gasteiger charge is -2.40. The molecule has 1 aromatic heterocycles. The summed E-state index contributed by atoms with van der Waals surface area (Å²) in [6.07, 6.45) is 1.01. The molecule has 0 aliphatic carbocycles. The summed E-state index contributed by atoms with van der Waals surface area (Å²) in [7, 11) is -2.07. The largest absolute Gasteiger partial charge is 0.444 e. The van der Waals surface area contributed by atoms with Crippen LogP contribution in [0.5, 0.6) is 0 Å². The summed E-state index contributed by atoms with van der Waals surface area (Å²) < 4.78 is 47.2. The van der Waals surface area contributed by atoms with Crippen molar-refractivity contribution in [1.82, 2.24) is 14.8 Å². The Bertz CT molecular complexity index is 1410. The van der Waals surface area contributed by atoms with Gasteiger partial charge in [0.2, 0.25) is 0 Å². The van der Waals surface area contributed by atoms with Crippen molar-refractivity contribution >= 4 is 33.3 Å². The number of sulfonamides is 1. The number of anilines is 3. The number of carbonyl (C=O) groups excluding carboxylic acids is 1. The van der Waals surface area contributed by atoms with E-state index in [0.717, 1.165) is 17.8 Å². The molecule has 2 aromatic carbocycles. The molecule has 0 saturated carbocycles. The van der Waals surface area contributed by atoms with Crippen molar-refractivity contribution in [2.24, 2.45) is 0 Å². The standard InChI is InChI=1S/C29H36FN5O4S/c1-21-19-34(16-17-35(21)28(36)39-29(2,3)4)20-22-6-10-24(11-7-22)32-40(37,38)26-14-15-27(31-18-26)33(5)25-12-8-23(30)9-13-25/h6-15,18,21,32H,16-17,19-20H2,1-5H3/t21-/m0/s1. The topological polar surface area (TPSA) is 95.1 Å². The quantitative estimate of drug-likeness (QED) is 0.416. The van der Waals surface area contributed by atoms with E-state index in [9.17, 15) is 17.6 Å². The third kappa shape index (κ3) is 7.48. The molecule has 0 bridgehead atoms. The highest BCUT2D eigenvalue weighted by atomic mass is 32.2. The summed E-state index contributed by atoms with van der Waals surface area (Å²) in [5.74, 6) is 0.189. The van der Waals surface area contributed by atoms with E-state index >= 15 is 0 Å². The number of piperazine rings is 1. The number of nitrogens with zero attached hydrogens (tertiary/aromatic N) is 4. The van der Waals surface area contributed by atoms with Gasteiger partial charge in [-0.05, 0) is 81.8 Å². The van der Waals surface area contributed by atoms with Gasteiger partial charge >= 0.3 is 6.09 Å². The second-order valence-electron chi connectivity index (χ2n) is 10.9. The Balaban J connectivity index is 1.33. The number of aromatic nitrogens is 1. The van der Waals surface area contributed by atoms with Gasteiger partial charge in [0.1, 0.15) is 22.1 Å². The molecule has 1 fully saturated rings. The average Bonchev–Trinajstić information content (AvgIpc) is 2.89. The first-order valence-electron chi connectivity index (χ1n) is 13.1. The Morgan fingerprint density at radius 1 is 1.07 bits per heavy atom. The van der Waals surface area contributed by atoms with Crippen LogP contribution in [0.25, 0.3) is 0 Å². The number of nitrogens with one attached hydrogen (secondary N) is 1. The third-order valence-corrected chi connectivity index (χ3v) is 7.91. The first-order chi connectivity index (χ1) is 18.8. The van der Waals surface area contributed by atoms with Gasteiger partial charge in [0.05, 0.1) is 0 Å². The van der Waals surface area contributed by atoms with Crippen molar-refractivity contribution < 1.29 is 22.3 Å². The molecule has 9 nitrogen and oxygen atoms in total. The predicted molar refractivity (Wildman–Crippen MR) is 154 cm³/mol. The number of halogens is 1. The van der Waals surface area contributed by atoms with E-state index in [1.807, 2.05) is 39.8 Å². The molecular weight excluding hydrogens is 533 g/mol. The summed E-state index contributed by atoms with van der Waals surface area (Å²) in [4.78, 5) is 22.5. The van der Waals surface area contributed by atoms with Crippen LogP contribution in [0.15, 0.2) is 71.8 Å². The van der Waals surface area contributed by atoms with Crippen LogP contribution in [-0.2, 0) is 21.3 Å². The minimum Gasteiger partial charge on any atom is -0.444 e. The van der Waals surface area contributed by atoms with Crippen molar-refractivity contribution in [2.45, 2.75) is 50.8 Å². The fourth-order valence-electron chi connectivity index (χ4n) is 4.45. The van der Waals surface area contributed by atoms with Gasteiger partial charge < -0.3 is 14.5 Å². The molecule has 3 aromatic rings. The normalized spacial score (nSPS) is 16.4. The number of amides is 1. The summed E-state index contributed by atoms with van der Waals surface area (Å²) in [5, 5.41) is 0. The zero-order chi connectivity index (χ0) is 29.1. The Morgan fingerprint density at radius 2 is 1.75 bits per heavy atom. The number of rotatable bonds is 7. The van der Waals surface area contributed by atoms with Crippen LogP contribution in [0.4, 0.5) is 26.4 Å². The summed E-state index contributed by atoms with van der Waals surface area (Å²) in [6.45, 7) is 10.3. The number of benzene rings is 2. The fourth-order valence-corrected chi connectivity index (χ4v) is 5.45. The van der Waals surface area contributed by atoms with Gasteiger partial charge in [-0.3, -0.25) is 9.62 Å². The lowest BCUT2D eigenvalue weighted by atomic mass is 10.1. The molecule has 1 saturated heterocycles. The van der Waals surface area contributed by atoms with Crippen molar-refractivity contribution in [1.29, 1.82) is 0 Å². The second kappa shape index (κ2) is 11.8. The van der Waals surface area contributed by atoms with Gasteiger partial charge in [-0.25, -0.2) is 22.6 Å². The predicted octanol–water partition coefficient (Wildman–Crippen LogP) is 5.23. The first-order valence-corrected chi connectivity index (χ1v) is 14.6. The number of carbonyl (C=O) groups is 1. The van der Waals surface area contributed by atoms with Crippen LogP contribution in [0.2, 0.25) is 0 Å². The molecule has 11 heteroatoms. The highest BCUT2D eigenvalue weighted by Gasteiger charge is 2.30. The van der Waals surface area contributed by atoms with Crippen LogP contribution < -0.4 is 9.62 Å². The van der Waals surface area contributed by atoms with Crippen molar-refractivity contribution in [3.8, 4) is 0 Å². The monoisotopic (exact) mass is 569 g/mol. The first kappa shape index (κ1) is 29.3. The number of pyridine rings is 1. The van der Waals surface area contributed by atoms with Gasteiger partial charge in [-0.2, -0.15) is 0 Å². The second-order valence-corrected chi connectivity index (χ2v) is 12.6. The molecule has 2 heterocycles. The van der Waals surface area contributed by atoms with E-state index in [2.05, 4.69) is 14.6 Å². The van der Waals surface area contributed by atoms with E-state index in [1.54, 1.807) is 47.2 Å². The number of hydrogen-bond donors (Lipinski definition) is 1. The summed E-state index contributed by atoms with van der Waals surface area (Å²) in [6, 6.07) is 16.3. The minimum atomic E-state index is -3.84. The Hall–Kier alpha value is -3.70. The van der Waals surface area contributed by atoms with Crippen molar-refractivity contribution in [3.05, 3.63) is 78.2 Å². The molecule has 4 rings (SSSR count). The Morgan fingerprint density at radius 3 is 2.33 bits per heavy atom. The molecular formula is C29H36FN5O4S. The van der Waals surface area contributed by atoms with Gasteiger partial charge in [0.25, 0.3) is 10.0 Å². The molecule has 1 aliphatic heterocycles. The Kier molecular flexibility index (Phi) is 8.65. The molecule has 214 valence electrons. The Labute approximate surface area is 235 Å². The molecule has 1 amide bonds. The third-order valence-electron chi connectivity index (χ3n) is 6.54. The molecule has 40 heavy (non-hydrogen) atoms. The maximum absolute atomic E-state index is 13.2.